The summed E-state index contributed by atoms with van der Waals surface area (Å²) in [6, 6.07) is 12.3. The van der Waals surface area contributed by atoms with Crippen LogP contribution in [0.15, 0.2) is 42.6 Å². The minimum Gasteiger partial charge on any atom is -0.369 e. The van der Waals surface area contributed by atoms with Gasteiger partial charge in [-0.1, -0.05) is 12.1 Å². The average molecular weight is 397 g/mol. The molecule has 0 bridgehead atoms. The van der Waals surface area contributed by atoms with Crippen molar-refractivity contribution in [2.45, 2.75) is 19.0 Å². The van der Waals surface area contributed by atoms with Gasteiger partial charge in [-0.05, 0) is 58.8 Å². The first-order valence-electron chi connectivity index (χ1n) is 7.05. The summed E-state index contributed by atoms with van der Waals surface area (Å²) in [5.74, 6) is -0.425. The van der Waals surface area contributed by atoms with E-state index in [9.17, 15) is 4.39 Å². The molecular weight excluding hydrogens is 380 g/mol. The Kier molecular flexibility index (Phi) is 4.70. The van der Waals surface area contributed by atoms with Crippen molar-refractivity contribution in [3.8, 4) is 0 Å². The van der Waals surface area contributed by atoms with E-state index in [1.807, 2.05) is 0 Å². The predicted octanol–water partition coefficient (Wildman–Crippen LogP) is 3.19. The molecule has 1 fully saturated rings. The molecule has 1 aliphatic rings. The molecule has 0 saturated carbocycles. The van der Waals surface area contributed by atoms with Crippen molar-refractivity contribution in [3.05, 3.63) is 57.7 Å². The van der Waals surface area contributed by atoms with Crippen LogP contribution in [0.4, 0.5) is 10.1 Å². The maximum Gasteiger partial charge on any atom is 0.212 e. The van der Waals surface area contributed by atoms with E-state index < -0.39 is 5.95 Å². The molecule has 2 aromatic rings. The molecule has 0 amide bonds. The first-order valence-corrected chi connectivity index (χ1v) is 8.13. The highest BCUT2D eigenvalue weighted by Crippen LogP contribution is 2.19. The zero-order chi connectivity index (χ0) is 14.7. The predicted molar refractivity (Wildman–Crippen MR) is 90.8 cm³/mol. The summed E-state index contributed by atoms with van der Waals surface area (Å²) in [6.45, 7) is 2.81. The summed E-state index contributed by atoms with van der Waals surface area (Å²) in [6.07, 6.45) is 2.71. The minimum absolute atomic E-state index is 0.425. The second kappa shape index (κ2) is 6.70. The lowest BCUT2D eigenvalue weighted by Gasteiger charge is -2.18. The fourth-order valence-electron chi connectivity index (χ4n) is 2.58. The van der Waals surface area contributed by atoms with Crippen molar-refractivity contribution in [2.24, 2.45) is 0 Å². The molecular formula is C16H17FIN3. The Labute approximate surface area is 137 Å². The van der Waals surface area contributed by atoms with E-state index in [0.29, 0.717) is 6.04 Å². The van der Waals surface area contributed by atoms with Crippen molar-refractivity contribution >= 4 is 28.3 Å². The van der Waals surface area contributed by atoms with E-state index in [1.165, 1.54) is 15.2 Å². The van der Waals surface area contributed by atoms with Crippen LogP contribution in [0.2, 0.25) is 0 Å². The molecule has 1 N–H and O–H groups in total. The van der Waals surface area contributed by atoms with Gasteiger partial charge in [0, 0.05) is 29.2 Å². The molecule has 5 heteroatoms. The highest BCUT2D eigenvalue weighted by Gasteiger charge is 2.22. The van der Waals surface area contributed by atoms with Crippen LogP contribution in [-0.4, -0.2) is 24.1 Å². The molecule has 0 radical (unpaired) electrons. The zero-order valence-corrected chi connectivity index (χ0v) is 13.8. The first kappa shape index (κ1) is 14.7. The van der Waals surface area contributed by atoms with E-state index in [-0.39, 0.29) is 0 Å². The van der Waals surface area contributed by atoms with Crippen LogP contribution in [0.3, 0.4) is 0 Å². The van der Waals surface area contributed by atoms with Gasteiger partial charge in [-0.3, -0.25) is 0 Å². The third-order valence-corrected chi connectivity index (χ3v) is 4.49. The lowest BCUT2D eigenvalue weighted by molar-refractivity contribution is 0.551. The summed E-state index contributed by atoms with van der Waals surface area (Å²) >= 11 is 2.31. The molecule has 0 aliphatic carbocycles. The SMILES string of the molecule is Fc1ccc(N2CCC(NCc3ccc(I)cc3)C2)cn1. The Balaban J connectivity index is 1.52. The van der Waals surface area contributed by atoms with Gasteiger partial charge in [0.2, 0.25) is 5.95 Å². The third-order valence-electron chi connectivity index (χ3n) is 3.77. The Morgan fingerprint density at radius 1 is 1.24 bits per heavy atom. The first-order chi connectivity index (χ1) is 10.2. The van der Waals surface area contributed by atoms with Crippen LogP contribution in [-0.2, 0) is 6.54 Å². The van der Waals surface area contributed by atoms with Crippen LogP contribution in [0, 0.1) is 9.52 Å². The van der Waals surface area contributed by atoms with Crippen LogP contribution in [0.25, 0.3) is 0 Å². The average Bonchev–Trinajstić information content (AvgIpc) is 2.96. The number of benzene rings is 1. The molecule has 1 atom stereocenters. The number of nitrogens with zero attached hydrogens (tertiary/aromatic N) is 2. The second-order valence-corrected chi connectivity index (χ2v) is 6.52. The van der Waals surface area contributed by atoms with Crippen molar-refractivity contribution in [3.63, 3.8) is 0 Å². The number of aromatic nitrogens is 1. The van der Waals surface area contributed by atoms with Gasteiger partial charge in [-0.15, -0.1) is 0 Å². The van der Waals surface area contributed by atoms with Crippen molar-refractivity contribution in [1.29, 1.82) is 0 Å². The quantitative estimate of drug-likeness (QED) is 0.635. The van der Waals surface area contributed by atoms with E-state index in [4.69, 9.17) is 0 Å². The van der Waals surface area contributed by atoms with Gasteiger partial charge in [-0.25, -0.2) is 4.98 Å². The van der Waals surface area contributed by atoms with Crippen LogP contribution in [0.1, 0.15) is 12.0 Å². The second-order valence-electron chi connectivity index (χ2n) is 5.28. The molecule has 1 aromatic heterocycles. The third kappa shape index (κ3) is 3.91. The van der Waals surface area contributed by atoms with E-state index in [2.05, 4.69) is 62.1 Å². The highest BCUT2D eigenvalue weighted by molar-refractivity contribution is 14.1. The van der Waals surface area contributed by atoms with Crippen molar-refractivity contribution in [1.82, 2.24) is 10.3 Å². The molecule has 2 heterocycles. The Morgan fingerprint density at radius 2 is 2.05 bits per heavy atom. The lowest BCUT2D eigenvalue weighted by atomic mass is 10.2. The normalized spacial score (nSPS) is 18.2. The van der Waals surface area contributed by atoms with Gasteiger partial charge in [0.05, 0.1) is 11.9 Å². The highest BCUT2D eigenvalue weighted by atomic mass is 127. The molecule has 21 heavy (non-hydrogen) atoms. The van der Waals surface area contributed by atoms with Gasteiger partial charge >= 0.3 is 0 Å². The molecule has 3 nitrogen and oxygen atoms in total. The van der Waals surface area contributed by atoms with E-state index in [1.54, 1.807) is 12.3 Å². The fraction of sp³-hybridized carbons (Fsp3) is 0.312. The summed E-state index contributed by atoms with van der Waals surface area (Å²) in [5, 5.41) is 3.59. The molecule has 1 unspecified atom stereocenters. The van der Waals surface area contributed by atoms with Crippen LogP contribution in [0.5, 0.6) is 0 Å². The molecule has 3 rings (SSSR count). The maximum atomic E-state index is 12.8. The topological polar surface area (TPSA) is 28.2 Å². The number of nitrogens with one attached hydrogen (secondary N) is 1. The Bertz CT molecular complexity index is 585. The van der Waals surface area contributed by atoms with E-state index >= 15 is 0 Å². The Hall–Kier alpha value is -1.21. The molecule has 110 valence electrons. The zero-order valence-electron chi connectivity index (χ0n) is 11.6. The lowest BCUT2D eigenvalue weighted by Crippen LogP contribution is -2.32. The minimum atomic E-state index is -0.425. The summed E-state index contributed by atoms with van der Waals surface area (Å²) in [5.41, 5.74) is 2.30. The molecule has 1 aromatic carbocycles. The largest absolute Gasteiger partial charge is 0.369 e. The number of halogens is 2. The van der Waals surface area contributed by atoms with E-state index in [0.717, 1.165) is 31.7 Å². The maximum absolute atomic E-state index is 12.8. The number of rotatable bonds is 4. The Morgan fingerprint density at radius 3 is 2.76 bits per heavy atom. The fourth-order valence-corrected chi connectivity index (χ4v) is 2.94. The number of pyridine rings is 1. The number of hydrogen-bond acceptors (Lipinski definition) is 3. The van der Waals surface area contributed by atoms with Crippen molar-refractivity contribution in [2.75, 3.05) is 18.0 Å². The molecule has 1 saturated heterocycles. The molecule has 1 aliphatic heterocycles. The van der Waals surface area contributed by atoms with Gasteiger partial charge in [0.15, 0.2) is 0 Å². The monoisotopic (exact) mass is 397 g/mol. The van der Waals surface area contributed by atoms with Gasteiger partial charge in [-0.2, -0.15) is 4.39 Å². The summed E-state index contributed by atoms with van der Waals surface area (Å²) in [7, 11) is 0. The molecule has 0 spiro atoms. The van der Waals surface area contributed by atoms with Crippen LogP contribution >= 0.6 is 22.6 Å². The van der Waals surface area contributed by atoms with Gasteiger partial charge in [0.1, 0.15) is 0 Å². The summed E-state index contributed by atoms with van der Waals surface area (Å²) in [4.78, 5) is 5.97. The van der Waals surface area contributed by atoms with Gasteiger partial charge in [0.25, 0.3) is 0 Å². The van der Waals surface area contributed by atoms with Crippen molar-refractivity contribution < 1.29 is 4.39 Å². The number of hydrogen-bond donors (Lipinski definition) is 1. The summed E-state index contributed by atoms with van der Waals surface area (Å²) < 4.78 is 14.1. The standard InChI is InChI=1S/C16H17FIN3/c17-16-6-5-15(10-20-16)21-8-7-14(11-21)19-9-12-1-3-13(18)4-2-12/h1-6,10,14,19H,7-9,11H2. The van der Waals surface area contributed by atoms with Crippen LogP contribution < -0.4 is 10.2 Å². The number of anilines is 1. The smallest absolute Gasteiger partial charge is 0.212 e. The van der Waals surface area contributed by atoms with Gasteiger partial charge < -0.3 is 10.2 Å².